The number of hydrogen-bond donors (Lipinski definition) is 2. The van der Waals surface area contributed by atoms with Gasteiger partial charge in [-0.3, -0.25) is 4.79 Å². The van der Waals surface area contributed by atoms with Gasteiger partial charge in [0, 0.05) is 12.2 Å². The van der Waals surface area contributed by atoms with E-state index in [-0.39, 0.29) is 11.7 Å². The molecule has 0 spiro atoms. The highest BCUT2D eigenvalue weighted by Crippen LogP contribution is 2.27. The van der Waals surface area contributed by atoms with Gasteiger partial charge in [-0.05, 0) is 48.4 Å². The number of halogens is 1. The third-order valence-electron chi connectivity index (χ3n) is 5.26. The lowest BCUT2D eigenvalue weighted by molar-refractivity contribution is -0.892. The third-order valence-corrected chi connectivity index (χ3v) is 5.26. The number of piperazine rings is 1. The van der Waals surface area contributed by atoms with Gasteiger partial charge in [-0.2, -0.15) is 0 Å². The van der Waals surface area contributed by atoms with Crippen LogP contribution in [0.25, 0.3) is 0 Å². The minimum atomic E-state index is -0.220. The molecule has 3 rings (SSSR count). The first-order chi connectivity index (χ1) is 14.1. The van der Waals surface area contributed by atoms with Crippen molar-refractivity contribution in [1.82, 2.24) is 5.32 Å². The maximum absolute atomic E-state index is 13.1. The fourth-order valence-corrected chi connectivity index (χ4v) is 3.58. The fourth-order valence-electron chi connectivity index (χ4n) is 3.58. The van der Waals surface area contributed by atoms with Crippen LogP contribution in [-0.4, -0.2) is 59.4 Å². The zero-order valence-corrected chi connectivity index (χ0v) is 17.0. The number of benzene rings is 2. The summed E-state index contributed by atoms with van der Waals surface area (Å²) in [5, 5.41) is 3.01. The third kappa shape index (κ3) is 5.84. The van der Waals surface area contributed by atoms with Gasteiger partial charge >= 0.3 is 0 Å². The van der Waals surface area contributed by atoms with Gasteiger partial charge in [-0.25, -0.2) is 4.39 Å². The normalized spacial score (nSPS) is 14.5. The molecule has 0 unspecified atom stereocenters. The molecule has 1 saturated heterocycles. The lowest BCUT2D eigenvalue weighted by atomic mass is 10.1. The van der Waals surface area contributed by atoms with Crippen molar-refractivity contribution in [3.63, 3.8) is 0 Å². The van der Waals surface area contributed by atoms with E-state index in [2.05, 4.69) is 10.2 Å². The Morgan fingerprint density at radius 1 is 1.07 bits per heavy atom. The van der Waals surface area contributed by atoms with E-state index in [0.29, 0.717) is 24.6 Å². The van der Waals surface area contributed by atoms with Crippen LogP contribution in [0.2, 0.25) is 0 Å². The number of nitrogens with zero attached hydrogens (tertiary/aromatic N) is 1. The molecule has 0 aromatic heterocycles. The minimum absolute atomic E-state index is 0.0655. The van der Waals surface area contributed by atoms with Crippen LogP contribution in [0.5, 0.6) is 11.5 Å². The Morgan fingerprint density at radius 3 is 2.41 bits per heavy atom. The van der Waals surface area contributed by atoms with Crippen LogP contribution in [0.4, 0.5) is 10.1 Å². The topological polar surface area (TPSA) is 55.2 Å². The quantitative estimate of drug-likeness (QED) is 0.689. The SMILES string of the molecule is COc1ccc(CCNC(=O)C[NH+]2CCN(c3ccc(F)cc3)CC2)cc1OC. The van der Waals surface area contributed by atoms with E-state index in [1.807, 2.05) is 18.2 Å². The van der Waals surface area contributed by atoms with Crippen molar-refractivity contribution >= 4 is 11.6 Å². The Hall–Kier alpha value is -2.80. The summed E-state index contributed by atoms with van der Waals surface area (Å²) < 4.78 is 23.6. The van der Waals surface area contributed by atoms with Gasteiger partial charge in [0.25, 0.3) is 5.91 Å². The molecular weight excluding hydrogens is 373 g/mol. The summed E-state index contributed by atoms with van der Waals surface area (Å²) in [7, 11) is 3.22. The van der Waals surface area contributed by atoms with Crippen LogP contribution in [0, 0.1) is 5.82 Å². The van der Waals surface area contributed by atoms with Crippen molar-refractivity contribution in [2.75, 3.05) is 58.4 Å². The van der Waals surface area contributed by atoms with Crippen LogP contribution in [-0.2, 0) is 11.2 Å². The number of quaternary nitrogens is 1. The summed E-state index contributed by atoms with van der Waals surface area (Å²) in [4.78, 5) is 15.8. The first kappa shape index (κ1) is 20.9. The van der Waals surface area contributed by atoms with Gasteiger partial charge in [0.15, 0.2) is 18.0 Å². The molecule has 156 valence electrons. The molecule has 2 aromatic carbocycles. The summed E-state index contributed by atoms with van der Waals surface area (Å²) in [6.07, 6.45) is 0.736. The Kier molecular flexibility index (Phi) is 7.30. The smallest absolute Gasteiger partial charge is 0.275 e. The van der Waals surface area contributed by atoms with Crippen LogP contribution in [0.1, 0.15) is 5.56 Å². The average Bonchev–Trinajstić information content (AvgIpc) is 2.75. The first-order valence-corrected chi connectivity index (χ1v) is 9.90. The number of anilines is 1. The Bertz CT molecular complexity index is 805. The Balaban J connectivity index is 1.39. The largest absolute Gasteiger partial charge is 0.493 e. The summed E-state index contributed by atoms with van der Waals surface area (Å²) in [5.41, 5.74) is 2.12. The van der Waals surface area contributed by atoms with Gasteiger partial charge in [0.2, 0.25) is 0 Å². The second-order valence-corrected chi connectivity index (χ2v) is 7.18. The molecule has 1 aliphatic heterocycles. The maximum Gasteiger partial charge on any atom is 0.275 e. The van der Waals surface area contributed by atoms with E-state index in [4.69, 9.17) is 9.47 Å². The highest BCUT2D eigenvalue weighted by atomic mass is 19.1. The van der Waals surface area contributed by atoms with Crippen molar-refractivity contribution in [3.05, 3.63) is 53.8 Å². The molecule has 0 saturated carbocycles. The number of carbonyl (C=O) groups excluding carboxylic acids is 1. The summed E-state index contributed by atoms with van der Waals surface area (Å²) >= 11 is 0. The molecule has 1 aliphatic rings. The number of methoxy groups -OCH3 is 2. The van der Waals surface area contributed by atoms with E-state index in [1.54, 1.807) is 26.4 Å². The number of hydrogen-bond acceptors (Lipinski definition) is 4. The van der Waals surface area contributed by atoms with Gasteiger partial charge in [0.05, 0.1) is 40.4 Å². The predicted octanol–water partition coefficient (Wildman–Crippen LogP) is 0.907. The molecule has 2 aromatic rings. The highest BCUT2D eigenvalue weighted by molar-refractivity contribution is 5.76. The lowest BCUT2D eigenvalue weighted by Gasteiger charge is -2.33. The summed E-state index contributed by atoms with van der Waals surface area (Å²) in [6.45, 7) is 4.56. The molecule has 0 aliphatic carbocycles. The van der Waals surface area contributed by atoms with Gasteiger partial charge in [-0.15, -0.1) is 0 Å². The number of carbonyl (C=O) groups is 1. The number of ether oxygens (including phenoxy) is 2. The molecule has 0 bridgehead atoms. The molecule has 1 fully saturated rings. The molecule has 0 atom stereocenters. The molecule has 6 nitrogen and oxygen atoms in total. The average molecular weight is 402 g/mol. The highest BCUT2D eigenvalue weighted by Gasteiger charge is 2.22. The minimum Gasteiger partial charge on any atom is -0.493 e. The standard InChI is InChI=1S/C22H28FN3O3/c1-28-20-8-3-17(15-21(20)29-2)9-10-24-22(27)16-25-11-13-26(14-12-25)19-6-4-18(23)5-7-19/h3-8,15H,9-14,16H2,1-2H3,(H,24,27)/p+1. The van der Waals surface area contributed by atoms with Crippen LogP contribution >= 0.6 is 0 Å². The fraction of sp³-hybridized carbons (Fsp3) is 0.409. The summed E-state index contributed by atoms with van der Waals surface area (Å²) in [5.74, 6) is 1.24. The van der Waals surface area contributed by atoms with Gasteiger partial charge in [-0.1, -0.05) is 6.07 Å². The van der Waals surface area contributed by atoms with E-state index in [1.165, 1.54) is 17.0 Å². The maximum atomic E-state index is 13.1. The summed E-state index contributed by atoms with van der Waals surface area (Å²) in [6, 6.07) is 12.4. The second kappa shape index (κ2) is 10.1. The molecular formula is C22H29FN3O3+. The molecule has 7 heteroatoms. The molecule has 29 heavy (non-hydrogen) atoms. The Labute approximate surface area is 171 Å². The zero-order chi connectivity index (χ0) is 20.6. The monoisotopic (exact) mass is 402 g/mol. The zero-order valence-electron chi connectivity index (χ0n) is 17.0. The van der Waals surface area contributed by atoms with Gasteiger partial charge < -0.3 is 24.6 Å². The van der Waals surface area contributed by atoms with Crippen LogP contribution < -0.4 is 24.6 Å². The second-order valence-electron chi connectivity index (χ2n) is 7.18. The number of rotatable bonds is 8. The van der Waals surface area contributed by atoms with Crippen molar-refractivity contribution in [2.45, 2.75) is 6.42 Å². The van der Waals surface area contributed by atoms with Gasteiger partial charge in [0.1, 0.15) is 5.82 Å². The van der Waals surface area contributed by atoms with E-state index in [0.717, 1.165) is 43.9 Å². The molecule has 2 N–H and O–H groups in total. The predicted molar refractivity (Wildman–Crippen MR) is 110 cm³/mol. The number of amides is 1. The first-order valence-electron chi connectivity index (χ1n) is 9.90. The van der Waals surface area contributed by atoms with Crippen molar-refractivity contribution in [3.8, 4) is 11.5 Å². The van der Waals surface area contributed by atoms with E-state index >= 15 is 0 Å². The van der Waals surface area contributed by atoms with E-state index in [9.17, 15) is 9.18 Å². The molecule has 0 radical (unpaired) electrons. The van der Waals surface area contributed by atoms with Crippen molar-refractivity contribution in [1.29, 1.82) is 0 Å². The van der Waals surface area contributed by atoms with Crippen LogP contribution in [0.15, 0.2) is 42.5 Å². The molecule has 1 heterocycles. The van der Waals surface area contributed by atoms with E-state index < -0.39 is 0 Å². The van der Waals surface area contributed by atoms with Crippen molar-refractivity contribution in [2.24, 2.45) is 0 Å². The van der Waals surface area contributed by atoms with Crippen molar-refractivity contribution < 1.29 is 23.6 Å². The lowest BCUT2D eigenvalue weighted by Crippen LogP contribution is -3.16. The molecule has 1 amide bonds. The number of nitrogens with one attached hydrogen (secondary N) is 2. The van der Waals surface area contributed by atoms with Crippen LogP contribution in [0.3, 0.4) is 0 Å². The Morgan fingerprint density at radius 2 is 1.76 bits per heavy atom.